The van der Waals surface area contributed by atoms with E-state index in [1.54, 1.807) is 46.2 Å². The van der Waals surface area contributed by atoms with Gasteiger partial charge in [0.05, 0.1) is 25.7 Å². The average molecular weight is 696 g/mol. The lowest BCUT2D eigenvalue weighted by Gasteiger charge is -2.41. The number of hydrogen-bond acceptors (Lipinski definition) is 6. The Morgan fingerprint density at radius 3 is 1.74 bits per heavy atom. The maximum absolute atomic E-state index is 13.2. The van der Waals surface area contributed by atoms with Gasteiger partial charge in [-0.1, -0.05) is 24.3 Å². The lowest BCUT2D eigenvalue weighted by atomic mass is 10.0. The molecular formula is C32H47N12O6+. The van der Waals surface area contributed by atoms with E-state index in [-0.39, 0.29) is 93.4 Å². The summed E-state index contributed by atoms with van der Waals surface area (Å²) >= 11 is 0. The van der Waals surface area contributed by atoms with E-state index in [0.717, 1.165) is 11.1 Å². The Labute approximate surface area is 290 Å². The highest BCUT2D eigenvalue weighted by Gasteiger charge is 2.41. The first-order valence-electron chi connectivity index (χ1n) is 16.4. The van der Waals surface area contributed by atoms with Crippen LogP contribution in [0, 0.1) is 10.8 Å². The maximum atomic E-state index is 13.2. The average Bonchev–Trinajstić information content (AvgIpc) is 3.08. The first-order chi connectivity index (χ1) is 23.8. The fraction of sp³-hybridized carbons (Fsp3) is 0.438. The summed E-state index contributed by atoms with van der Waals surface area (Å²) in [4.78, 5) is 54.8. The van der Waals surface area contributed by atoms with Gasteiger partial charge < -0.3 is 57.6 Å². The summed E-state index contributed by atoms with van der Waals surface area (Å²) in [5.74, 6) is -0.350. The van der Waals surface area contributed by atoms with Crippen molar-refractivity contribution in [2.45, 2.75) is 38.4 Å². The Morgan fingerprint density at radius 1 is 0.740 bits per heavy atom. The molecule has 1 unspecified atom stereocenters. The van der Waals surface area contributed by atoms with Crippen molar-refractivity contribution in [3.8, 4) is 0 Å². The summed E-state index contributed by atoms with van der Waals surface area (Å²) in [7, 11) is 0. The first-order valence-corrected chi connectivity index (χ1v) is 16.4. The number of unbranched alkanes of at least 4 members (excludes halogenated alkanes) is 1. The van der Waals surface area contributed by atoms with E-state index in [1.165, 1.54) is 4.90 Å². The summed E-state index contributed by atoms with van der Waals surface area (Å²) in [5, 5.41) is 45.6. The first kappa shape index (κ1) is 37.0. The largest absolute Gasteiger partial charge is 0.513 e. The van der Waals surface area contributed by atoms with Crippen LogP contribution in [0.2, 0.25) is 0 Å². The molecule has 18 heteroatoms. The highest BCUT2D eigenvalue weighted by atomic mass is 16.4. The fourth-order valence-corrected chi connectivity index (χ4v) is 6.19. The van der Waals surface area contributed by atoms with Crippen molar-refractivity contribution in [3.05, 3.63) is 59.7 Å². The van der Waals surface area contributed by atoms with Crippen LogP contribution in [0.4, 0.5) is 30.6 Å². The van der Waals surface area contributed by atoms with Crippen molar-refractivity contribution in [3.63, 3.8) is 0 Å². The number of nitrogens with zero attached hydrogens (tertiary/aromatic N) is 4. The summed E-state index contributed by atoms with van der Waals surface area (Å²) in [5.41, 5.74) is 13.7. The van der Waals surface area contributed by atoms with Gasteiger partial charge in [-0.15, -0.1) is 0 Å². The van der Waals surface area contributed by atoms with Crippen LogP contribution < -0.4 is 32.7 Å². The Balaban J connectivity index is 1.25. The molecule has 2 aromatic carbocycles. The number of nitrogens with two attached hydrogens (primary N) is 2. The molecule has 0 radical (unpaired) electrons. The zero-order valence-electron chi connectivity index (χ0n) is 27.9. The van der Waals surface area contributed by atoms with Crippen LogP contribution in [-0.4, -0.2) is 124 Å². The predicted octanol–water partition coefficient (Wildman–Crippen LogP) is 2.06. The zero-order valence-corrected chi connectivity index (χ0v) is 27.9. The van der Waals surface area contributed by atoms with Gasteiger partial charge in [-0.3, -0.25) is 10.8 Å². The number of carbonyl (C=O) groups excluding carboxylic acids is 2. The Morgan fingerprint density at radius 2 is 1.26 bits per heavy atom. The molecule has 6 amide bonds. The number of carbonyl (C=O) groups is 4. The van der Waals surface area contributed by atoms with Crippen LogP contribution >= 0.6 is 0 Å². The Bertz CT molecular complexity index is 1530. The van der Waals surface area contributed by atoms with E-state index in [2.05, 4.69) is 21.3 Å². The van der Waals surface area contributed by atoms with Gasteiger partial charge in [0.2, 0.25) is 0 Å². The van der Waals surface area contributed by atoms with E-state index in [9.17, 15) is 29.4 Å². The van der Waals surface area contributed by atoms with Crippen molar-refractivity contribution >= 4 is 47.5 Å². The number of anilines is 2. The van der Waals surface area contributed by atoms with Crippen molar-refractivity contribution in [2.75, 3.05) is 63.0 Å². The molecule has 270 valence electrons. The second kappa shape index (κ2) is 17.0. The van der Waals surface area contributed by atoms with Crippen molar-refractivity contribution in [2.24, 2.45) is 11.5 Å². The van der Waals surface area contributed by atoms with Gasteiger partial charge in [0.15, 0.2) is 11.9 Å². The Kier molecular flexibility index (Phi) is 12.6. The summed E-state index contributed by atoms with van der Waals surface area (Å²) in [6, 6.07) is 13.3. The molecule has 2 aromatic rings. The van der Waals surface area contributed by atoms with Gasteiger partial charge in [0.25, 0.3) is 0 Å². The molecule has 0 aliphatic carbocycles. The molecule has 0 bridgehead atoms. The topological polar surface area (TPSA) is 266 Å². The summed E-state index contributed by atoms with van der Waals surface area (Å²) < 4.78 is -0.175. The molecule has 0 aromatic heterocycles. The number of amides is 6. The standard InChI is InChI=1S/C32H46N12O6/c33-27(34)39-24-8-4-22(5-9-24)19-37-29(45)41-14-17-44(18-15-41,32(49)50)16-2-1-3-26-21-42(31(47)48)12-13-43(26)30(46)38-20-23-6-10-25(11-7-23)40-28(35)36/h4-11,26H,1-3,12-21H2,(H11-,33,34,35,36,37,38,39,40,45,46,47,48,49,50)/p+1. The van der Waals surface area contributed by atoms with E-state index in [1.807, 2.05) is 12.1 Å². The number of rotatable bonds is 11. The highest BCUT2D eigenvalue weighted by molar-refractivity contribution is 5.90. The van der Waals surface area contributed by atoms with E-state index < -0.39 is 12.2 Å². The van der Waals surface area contributed by atoms with Crippen LogP contribution in [0.15, 0.2) is 48.5 Å². The summed E-state index contributed by atoms with van der Waals surface area (Å²) in [6.45, 7) is 2.55. The quantitative estimate of drug-likeness (QED) is 0.0708. The number of carboxylic acid groups (broad SMARTS) is 2. The molecule has 0 saturated carbocycles. The SMILES string of the molecule is N=C(N)Nc1ccc(CNC(=O)N2CC[N+](CCCCC3CN(C(=O)O)CCN3C(=O)NCc3ccc(NC(=N)N)cc3)(C(=O)O)CC2)cc1. The second-order valence-corrected chi connectivity index (χ2v) is 12.4. The number of hydrogen-bond donors (Lipinski definition) is 10. The van der Waals surface area contributed by atoms with E-state index >= 15 is 0 Å². The smallest absolute Gasteiger partial charge is 0.465 e. The van der Waals surface area contributed by atoms with Crippen LogP contribution in [0.5, 0.6) is 0 Å². The number of guanidine groups is 2. The van der Waals surface area contributed by atoms with Crippen molar-refractivity contribution in [1.82, 2.24) is 25.3 Å². The normalized spacial score (nSPS) is 17.0. The van der Waals surface area contributed by atoms with Crippen molar-refractivity contribution < 1.29 is 33.9 Å². The Hall–Kier alpha value is -5.78. The second-order valence-electron chi connectivity index (χ2n) is 12.4. The van der Waals surface area contributed by atoms with Gasteiger partial charge in [0, 0.05) is 44.1 Å². The molecule has 12 N–H and O–H groups in total. The van der Waals surface area contributed by atoms with Gasteiger partial charge >= 0.3 is 24.2 Å². The lowest BCUT2D eigenvalue weighted by Crippen LogP contribution is -2.64. The number of urea groups is 2. The monoisotopic (exact) mass is 695 g/mol. The van der Waals surface area contributed by atoms with Gasteiger partial charge in [0.1, 0.15) is 13.1 Å². The van der Waals surface area contributed by atoms with Gasteiger partial charge in [-0.25, -0.2) is 18.9 Å². The van der Waals surface area contributed by atoms with Gasteiger partial charge in [-0.05, 0) is 54.7 Å². The molecule has 1 atom stereocenters. The number of piperazine rings is 2. The van der Waals surface area contributed by atoms with E-state index in [4.69, 9.17) is 22.3 Å². The molecular weight excluding hydrogens is 648 g/mol. The predicted molar refractivity (Wildman–Crippen MR) is 187 cm³/mol. The van der Waals surface area contributed by atoms with E-state index in [0.29, 0.717) is 37.2 Å². The number of benzene rings is 2. The van der Waals surface area contributed by atoms with Gasteiger partial charge in [-0.2, -0.15) is 4.79 Å². The third kappa shape index (κ3) is 10.4. The van der Waals surface area contributed by atoms with Crippen LogP contribution in [0.1, 0.15) is 30.4 Å². The number of quaternary nitrogens is 1. The lowest BCUT2D eigenvalue weighted by molar-refractivity contribution is -0.861. The van der Waals surface area contributed by atoms with Crippen LogP contribution in [0.25, 0.3) is 0 Å². The fourth-order valence-electron chi connectivity index (χ4n) is 6.19. The molecule has 2 saturated heterocycles. The molecule has 2 aliphatic rings. The summed E-state index contributed by atoms with van der Waals surface area (Å²) in [6.07, 6.45) is -0.364. The molecule has 2 heterocycles. The third-order valence-corrected chi connectivity index (χ3v) is 9.03. The highest BCUT2D eigenvalue weighted by Crippen LogP contribution is 2.21. The minimum atomic E-state index is -1.05. The molecule has 2 fully saturated rings. The zero-order chi connectivity index (χ0) is 36.3. The number of nitrogens with one attached hydrogen (secondary N) is 6. The van der Waals surface area contributed by atoms with Crippen LogP contribution in [-0.2, 0) is 13.1 Å². The molecule has 2 aliphatic heterocycles. The molecule has 0 spiro atoms. The van der Waals surface area contributed by atoms with Crippen molar-refractivity contribution in [1.29, 1.82) is 10.8 Å². The molecule has 4 rings (SSSR count). The third-order valence-electron chi connectivity index (χ3n) is 9.03. The van der Waals surface area contributed by atoms with Crippen LogP contribution in [0.3, 0.4) is 0 Å². The minimum absolute atomic E-state index is 0.163. The maximum Gasteiger partial charge on any atom is 0.513 e. The molecule has 50 heavy (non-hydrogen) atoms. The minimum Gasteiger partial charge on any atom is -0.465 e. The molecule has 18 nitrogen and oxygen atoms in total.